The average molecular weight is 892 g/mol. The van der Waals surface area contributed by atoms with Crippen molar-refractivity contribution in [3.63, 3.8) is 0 Å². The van der Waals surface area contributed by atoms with Gasteiger partial charge in [-0.1, -0.05) is 191 Å². The van der Waals surface area contributed by atoms with Crippen LogP contribution in [-0.4, -0.2) is 121 Å². The first-order chi connectivity index (χ1) is 28.6. The number of nitrogens with zero attached hydrogens (tertiary/aromatic N) is 4. The molecular formula is C51H104Cl2N4O3+2. The average Bonchev–Trinajstić information content (AvgIpc) is 3.19. The fourth-order valence-corrected chi connectivity index (χ4v) is 8.30. The SMILES string of the molecule is CCCCCCCCCCCCCCCC(=O)N(CCCC(O)CCCN(CCC(Cl)[N+](C)(C)C)C(=O)CCCCCCCCCCCCCCC)CCC(Cl)[N+](C)(C)C. The number of carbonyl (C=O) groups is 2. The Morgan fingerprint density at radius 1 is 0.400 bits per heavy atom. The summed E-state index contributed by atoms with van der Waals surface area (Å²) in [6.45, 7) is 7.17. The summed E-state index contributed by atoms with van der Waals surface area (Å²) in [6, 6.07) is 0. The molecule has 0 aliphatic rings. The van der Waals surface area contributed by atoms with E-state index in [1.807, 2.05) is 9.80 Å². The highest BCUT2D eigenvalue weighted by Crippen LogP contribution is 2.19. The van der Waals surface area contributed by atoms with Crippen molar-refractivity contribution in [3.8, 4) is 0 Å². The Morgan fingerprint density at radius 2 is 0.650 bits per heavy atom. The molecule has 0 aromatic carbocycles. The maximum Gasteiger partial charge on any atom is 0.222 e. The minimum absolute atomic E-state index is 0.0612. The van der Waals surface area contributed by atoms with Crippen LogP contribution in [0.2, 0.25) is 0 Å². The van der Waals surface area contributed by atoms with Crippen molar-refractivity contribution in [1.82, 2.24) is 9.80 Å². The van der Waals surface area contributed by atoms with Crippen LogP contribution in [0.4, 0.5) is 0 Å². The topological polar surface area (TPSA) is 60.9 Å². The van der Waals surface area contributed by atoms with Gasteiger partial charge in [-0.25, -0.2) is 0 Å². The Morgan fingerprint density at radius 3 is 0.900 bits per heavy atom. The van der Waals surface area contributed by atoms with Crippen molar-refractivity contribution in [2.24, 2.45) is 0 Å². The number of hydrogen-bond donors (Lipinski definition) is 1. The van der Waals surface area contributed by atoms with E-state index in [2.05, 4.69) is 56.1 Å². The van der Waals surface area contributed by atoms with Gasteiger partial charge in [0.1, 0.15) is 0 Å². The lowest BCUT2D eigenvalue weighted by Gasteiger charge is -2.32. The Balaban J connectivity index is 4.73. The Kier molecular flexibility index (Phi) is 38.4. The van der Waals surface area contributed by atoms with Gasteiger partial charge in [0.05, 0.1) is 48.4 Å². The van der Waals surface area contributed by atoms with Crippen molar-refractivity contribution >= 4 is 35.0 Å². The number of carbonyl (C=O) groups excluding carboxylic acids is 2. The van der Waals surface area contributed by atoms with Gasteiger partial charge in [0.15, 0.2) is 11.0 Å². The predicted octanol–water partition coefficient (Wildman–Crippen LogP) is 13.8. The molecule has 0 aliphatic carbocycles. The zero-order chi connectivity index (χ0) is 44.9. The second-order valence-corrected chi connectivity index (χ2v) is 21.4. The van der Waals surface area contributed by atoms with E-state index in [1.165, 1.54) is 141 Å². The molecular weight excluding hydrogens is 787 g/mol. The minimum atomic E-state index is -0.444. The predicted molar refractivity (Wildman–Crippen MR) is 263 cm³/mol. The van der Waals surface area contributed by atoms with Gasteiger partial charge in [0, 0.05) is 51.9 Å². The molecule has 60 heavy (non-hydrogen) atoms. The molecule has 2 atom stereocenters. The van der Waals surface area contributed by atoms with Crippen LogP contribution >= 0.6 is 23.2 Å². The molecule has 0 rings (SSSR count). The Bertz CT molecular complexity index is 912. The van der Waals surface area contributed by atoms with Gasteiger partial charge in [-0.2, -0.15) is 0 Å². The standard InChI is InChI=1S/C51H104Cl2N4O3/c1-9-11-13-15-17-19-21-23-25-27-29-31-33-39-50(59)54(45-41-48(52)56(3,4)5)43-35-37-47(58)38-36-44-55(46-42-49(53)57(6,7)8)51(60)40-34-32-30-28-26-24-22-20-18-16-14-12-10-2/h47-49,58H,9-46H2,1-8H3/q+2. The minimum Gasteiger partial charge on any atom is -0.393 e. The number of rotatable bonds is 44. The smallest absolute Gasteiger partial charge is 0.222 e. The summed E-state index contributed by atoms with van der Waals surface area (Å²) in [6.07, 6.45) is 38.8. The van der Waals surface area contributed by atoms with E-state index in [0.29, 0.717) is 60.8 Å². The summed E-state index contributed by atoms with van der Waals surface area (Å²) >= 11 is 13.5. The van der Waals surface area contributed by atoms with Gasteiger partial charge in [0.2, 0.25) is 11.8 Å². The molecule has 2 amide bonds. The summed E-state index contributed by atoms with van der Waals surface area (Å²) in [4.78, 5) is 30.9. The molecule has 0 aromatic rings. The number of amides is 2. The first-order valence-electron chi connectivity index (χ1n) is 25.8. The van der Waals surface area contributed by atoms with E-state index in [1.54, 1.807) is 0 Å². The van der Waals surface area contributed by atoms with E-state index < -0.39 is 6.10 Å². The van der Waals surface area contributed by atoms with E-state index in [4.69, 9.17) is 23.2 Å². The molecule has 0 aliphatic heterocycles. The molecule has 7 nitrogen and oxygen atoms in total. The number of alkyl halides is 2. The molecule has 0 heterocycles. The Labute approximate surface area is 384 Å². The van der Waals surface area contributed by atoms with Crippen molar-refractivity contribution in [1.29, 1.82) is 0 Å². The highest BCUT2D eigenvalue weighted by Gasteiger charge is 2.25. The maximum atomic E-state index is 13.4. The maximum absolute atomic E-state index is 13.4. The highest BCUT2D eigenvalue weighted by atomic mass is 35.5. The number of quaternary nitrogens is 2. The second-order valence-electron chi connectivity index (χ2n) is 20.4. The van der Waals surface area contributed by atoms with E-state index >= 15 is 0 Å². The van der Waals surface area contributed by atoms with Crippen LogP contribution < -0.4 is 0 Å². The van der Waals surface area contributed by atoms with Gasteiger partial charge in [-0.15, -0.1) is 0 Å². The van der Waals surface area contributed by atoms with Gasteiger partial charge in [-0.3, -0.25) is 9.59 Å². The van der Waals surface area contributed by atoms with Crippen LogP contribution in [-0.2, 0) is 9.59 Å². The summed E-state index contributed by atoms with van der Waals surface area (Å²) in [7, 11) is 12.6. The molecule has 0 aromatic heterocycles. The number of halogens is 2. The number of unbranched alkanes of at least 4 members (excludes halogenated alkanes) is 24. The lowest BCUT2D eigenvalue weighted by molar-refractivity contribution is -0.882. The van der Waals surface area contributed by atoms with Gasteiger partial charge < -0.3 is 23.9 Å². The van der Waals surface area contributed by atoms with Crippen molar-refractivity contribution in [2.45, 2.75) is 249 Å². The lowest BCUT2D eigenvalue weighted by atomic mass is 10.0. The third kappa shape index (κ3) is 35.8. The fraction of sp³-hybridized carbons (Fsp3) is 0.961. The van der Waals surface area contributed by atoms with Crippen molar-refractivity contribution < 1.29 is 23.7 Å². The Hall–Kier alpha value is -0.600. The normalized spacial score (nSPS) is 13.7. The van der Waals surface area contributed by atoms with Crippen LogP contribution in [0.5, 0.6) is 0 Å². The monoisotopic (exact) mass is 891 g/mol. The number of aliphatic hydroxyl groups excluding tert-OH is 1. The van der Waals surface area contributed by atoms with E-state index in [-0.39, 0.29) is 22.8 Å². The van der Waals surface area contributed by atoms with Crippen molar-refractivity contribution in [2.75, 3.05) is 68.5 Å². The molecule has 0 fully saturated rings. The molecule has 0 radical (unpaired) electrons. The molecule has 2 unspecified atom stereocenters. The quantitative estimate of drug-likeness (QED) is 0.0287. The highest BCUT2D eigenvalue weighted by molar-refractivity contribution is 6.19. The van der Waals surface area contributed by atoms with Gasteiger partial charge >= 0.3 is 0 Å². The van der Waals surface area contributed by atoms with Crippen LogP contribution in [0.15, 0.2) is 0 Å². The van der Waals surface area contributed by atoms with Crippen LogP contribution in [0.25, 0.3) is 0 Å². The number of hydrogen-bond acceptors (Lipinski definition) is 3. The summed E-state index contributed by atoms with van der Waals surface area (Å²) in [5.41, 5.74) is -0.122. The molecule has 0 saturated heterocycles. The third-order valence-corrected chi connectivity index (χ3v) is 14.2. The summed E-state index contributed by atoms with van der Waals surface area (Å²) in [5, 5.41) is 11.0. The van der Waals surface area contributed by atoms with Crippen LogP contribution in [0, 0.1) is 0 Å². The third-order valence-electron chi connectivity index (χ3n) is 12.6. The largest absolute Gasteiger partial charge is 0.393 e. The molecule has 0 saturated carbocycles. The van der Waals surface area contributed by atoms with Crippen LogP contribution in [0.1, 0.15) is 232 Å². The van der Waals surface area contributed by atoms with E-state index in [0.717, 1.165) is 51.4 Å². The zero-order valence-electron chi connectivity index (χ0n) is 41.4. The second kappa shape index (κ2) is 38.8. The number of aliphatic hydroxyl groups is 1. The first-order valence-corrected chi connectivity index (χ1v) is 26.6. The summed E-state index contributed by atoms with van der Waals surface area (Å²) < 4.78 is 1.31. The van der Waals surface area contributed by atoms with Gasteiger partial charge in [0.25, 0.3) is 0 Å². The van der Waals surface area contributed by atoms with Crippen molar-refractivity contribution in [3.05, 3.63) is 0 Å². The zero-order valence-corrected chi connectivity index (χ0v) is 42.9. The van der Waals surface area contributed by atoms with Crippen LogP contribution in [0.3, 0.4) is 0 Å². The molecule has 0 bridgehead atoms. The first kappa shape index (κ1) is 59.4. The molecule has 358 valence electrons. The molecule has 1 N–H and O–H groups in total. The molecule has 9 heteroatoms. The van der Waals surface area contributed by atoms with Gasteiger partial charge in [-0.05, 0) is 38.5 Å². The summed E-state index contributed by atoms with van der Waals surface area (Å²) in [5.74, 6) is 0.448. The lowest BCUT2D eigenvalue weighted by Crippen LogP contribution is -2.44. The fourth-order valence-electron chi connectivity index (χ4n) is 8.11. The van der Waals surface area contributed by atoms with E-state index in [9.17, 15) is 14.7 Å². The molecule has 0 spiro atoms.